The zero-order valence-corrected chi connectivity index (χ0v) is 13.2. The maximum absolute atomic E-state index is 11.8. The van der Waals surface area contributed by atoms with E-state index in [1.807, 2.05) is 6.07 Å². The molecule has 0 saturated heterocycles. The first-order valence-corrected chi connectivity index (χ1v) is 7.29. The highest BCUT2D eigenvalue weighted by Crippen LogP contribution is 2.19. The summed E-state index contributed by atoms with van der Waals surface area (Å²) in [5.41, 5.74) is 2.08. The molecule has 0 spiro atoms. The molecule has 1 N–H and O–H groups in total. The number of anilines is 1. The average molecular weight is 394 g/mol. The van der Waals surface area contributed by atoms with Crippen molar-refractivity contribution in [3.8, 4) is 0 Å². The molecule has 1 aromatic carbocycles. The van der Waals surface area contributed by atoms with E-state index in [0.717, 1.165) is 9.28 Å². The van der Waals surface area contributed by atoms with Gasteiger partial charge in [0.2, 0.25) is 5.91 Å². The molecule has 0 aliphatic rings. The highest BCUT2D eigenvalue weighted by atomic mass is 127. The number of rotatable bonds is 3. The van der Waals surface area contributed by atoms with Crippen LogP contribution in [0.4, 0.5) is 5.69 Å². The molecule has 0 aliphatic carbocycles. The summed E-state index contributed by atoms with van der Waals surface area (Å²) >= 11 is 2.07. The molecular formula is C15H11IN2O3. The van der Waals surface area contributed by atoms with Gasteiger partial charge in [0.25, 0.3) is 0 Å². The predicted molar refractivity (Wildman–Crippen MR) is 87.8 cm³/mol. The Morgan fingerprint density at radius 2 is 2.14 bits per heavy atom. The number of hydrogen-bond acceptors (Lipinski definition) is 4. The van der Waals surface area contributed by atoms with Gasteiger partial charge in [0.05, 0.1) is 0 Å². The Hall–Kier alpha value is -2.09. The van der Waals surface area contributed by atoms with Crippen LogP contribution in [0.3, 0.4) is 0 Å². The van der Waals surface area contributed by atoms with E-state index in [4.69, 9.17) is 8.83 Å². The van der Waals surface area contributed by atoms with Gasteiger partial charge >= 0.3 is 0 Å². The van der Waals surface area contributed by atoms with Gasteiger partial charge in [0.1, 0.15) is 11.3 Å². The predicted octanol–water partition coefficient (Wildman–Crippen LogP) is 3.99. The smallest absolute Gasteiger partial charge is 0.248 e. The number of carbonyl (C=O) groups excluding carboxylic acids is 1. The average Bonchev–Trinajstić information content (AvgIpc) is 3.01. The number of aromatic nitrogens is 1. The first kappa shape index (κ1) is 13.9. The Morgan fingerprint density at radius 1 is 1.29 bits per heavy atom. The van der Waals surface area contributed by atoms with Crippen molar-refractivity contribution in [2.75, 3.05) is 5.32 Å². The topological polar surface area (TPSA) is 68.3 Å². The van der Waals surface area contributed by atoms with Crippen molar-refractivity contribution in [2.24, 2.45) is 0 Å². The van der Waals surface area contributed by atoms with E-state index < -0.39 is 0 Å². The largest absolute Gasteiger partial charge is 0.451 e. The van der Waals surface area contributed by atoms with Gasteiger partial charge in [-0.05, 0) is 59.0 Å². The standard InChI is InChI=1S/C15H11IN2O3/c1-9-17-12-8-10(2-5-13(12)20-9)18-15(19)7-4-11-3-6-14(16)21-11/h2-8H,1H3,(H,18,19)/b7-4+. The lowest BCUT2D eigenvalue weighted by molar-refractivity contribution is -0.111. The van der Waals surface area contributed by atoms with Gasteiger partial charge in [-0.2, -0.15) is 0 Å². The van der Waals surface area contributed by atoms with Crippen molar-refractivity contribution < 1.29 is 13.6 Å². The highest BCUT2D eigenvalue weighted by molar-refractivity contribution is 14.1. The summed E-state index contributed by atoms with van der Waals surface area (Å²) in [6.07, 6.45) is 3.05. The van der Waals surface area contributed by atoms with E-state index in [-0.39, 0.29) is 5.91 Å². The molecule has 3 aromatic rings. The SMILES string of the molecule is Cc1nc2cc(NC(=O)/C=C/c3ccc(I)o3)ccc2o1. The summed E-state index contributed by atoms with van der Waals surface area (Å²) in [6, 6.07) is 8.96. The molecule has 2 heterocycles. The van der Waals surface area contributed by atoms with Crippen LogP contribution in [0.25, 0.3) is 17.2 Å². The van der Waals surface area contributed by atoms with Crippen LogP contribution in [0.2, 0.25) is 0 Å². The van der Waals surface area contributed by atoms with Gasteiger partial charge < -0.3 is 14.2 Å². The Balaban J connectivity index is 1.72. The maximum Gasteiger partial charge on any atom is 0.248 e. The van der Waals surface area contributed by atoms with Crippen molar-refractivity contribution in [1.82, 2.24) is 4.98 Å². The second-order valence-corrected chi connectivity index (χ2v) is 5.44. The number of hydrogen-bond donors (Lipinski definition) is 1. The van der Waals surface area contributed by atoms with Crippen molar-refractivity contribution >= 4 is 51.4 Å². The lowest BCUT2D eigenvalue weighted by Gasteiger charge is -2.00. The first-order valence-electron chi connectivity index (χ1n) is 6.22. The van der Waals surface area contributed by atoms with Crippen LogP contribution in [0.15, 0.2) is 45.2 Å². The van der Waals surface area contributed by atoms with E-state index >= 15 is 0 Å². The highest BCUT2D eigenvalue weighted by Gasteiger charge is 2.05. The van der Waals surface area contributed by atoms with Gasteiger partial charge in [-0.15, -0.1) is 0 Å². The van der Waals surface area contributed by atoms with E-state index in [2.05, 4.69) is 32.9 Å². The fraction of sp³-hybridized carbons (Fsp3) is 0.0667. The molecule has 0 unspecified atom stereocenters. The normalized spacial score (nSPS) is 11.3. The number of halogens is 1. The third kappa shape index (κ3) is 3.33. The molecule has 0 saturated carbocycles. The zero-order chi connectivity index (χ0) is 14.8. The Kier molecular flexibility index (Phi) is 3.78. The molecule has 21 heavy (non-hydrogen) atoms. The minimum Gasteiger partial charge on any atom is -0.451 e. The van der Waals surface area contributed by atoms with Crippen molar-refractivity contribution in [1.29, 1.82) is 0 Å². The van der Waals surface area contributed by atoms with Crippen LogP contribution >= 0.6 is 22.6 Å². The molecular weight excluding hydrogens is 383 g/mol. The van der Waals surface area contributed by atoms with Gasteiger partial charge in [-0.1, -0.05) is 0 Å². The van der Waals surface area contributed by atoms with Crippen LogP contribution in [-0.4, -0.2) is 10.9 Å². The third-order valence-electron chi connectivity index (χ3n) is 2.75. The maximum atomic E-state index is 11.8. The zero-order valence-electron chi connectivity index (χ0n) is 11.1. The van der Waals surface area contributed by atoms with Gasteiger partial charge in [-0.3, -0.25) is 4.79 Å². The van der Waals surface area contributed by atoms with Crippen molar-refractivity contribution in [3.05, 3.63) is 51.8 Å². The second kappa shape index (κ2) is 5.72. The second-order valence-electron chi connectivity index (χ2n) is 4.38. The van der Waals surface area contributed by atoms with Crippen LogP contribution in [0.1, 0.15) is 11.7 Å². The van der Waals surface area contributed by atoms with E-state index in [0.29, 0.717) is 22.9 Å². The fourth-order valence-corrected chi connectivity index (χ4v) is 2.31. The summed E-state index contributed by atoms with van der Waals surface area (Å²) in [4.78, 5) is 16.1. The quantitative estimate of drug-likeness (QED) is 0.539. The Bertz CT molecular complexity index is 832. The lowest BCUT2D eigenvalue weighted by Crippen LogP contribution is -2.07. The van der Waals surface area contributed by atoms with E-state index in [1.165, 1.54) is 6.08 Å². The monoisotopic (exact) mass is 394 g/mol. The molecule has 0 fully saturated rings. The van der Waals surface area contributed by atoms with Crippen LogP contribution in [0.5, 0.6) is 0 Å². The summed E-state index contributed by atoms with van der Waals surface area (Å²) in [6.45, 7) is 1.78. The molecule has 0 atom stereocenters. The van der Waals surface area contributed by atoms with Crippen LogP contribution in [0, 0.1) is 10.7 Å². The summed E-state index contributed by atoms with van der Waals surface area (Å²) in [5, 5.41) is 2.77. The van der Waals surface area contributed by atoms with Crippen molar-refractivity contribution in [2.45, 2.75) is 6.92 Å². The van der Waals surface area contributed by atoms with Gasteiger partial charge in [0.15, 0.2) is 15.2 Å². The van der Waals surface area contributed by atoms with E-state index in [9.17, 15) is 4.79 Å². The number of aryl methyl sites for hydroxylation is 1. The molecule has 5 nitrogen and oxygen atoms in total. The number of nitrogens with one attached hydrogen (secondary N) is 1. The molecule has 6 heteroatoms. The number of amides is 1. The minimum atomic E-state index is -0.235. The number of carbonyl (C=O) groups is 1. The number of oxazole rings is 1. The summed E-state index contributed by atoms with van der Waals surface area (Å²) < 4.78 is 11.5. The number of fused-ring (bicyclic) bond motifs is 1. The molecule has 1 amide bonds. The fourth-order valence-electron chi connectivity index (χ4n) is 1.88. The Labute approximate surface area is 134 Å². The van der Waals surface area contributed by atoms with Gasteiger partial charge in [-0.25, -0.2) is 4.98 Å². The molecule has 0 radical (unpaired) electrons. The first-order chi connectivity index (χ1) is 10.1. The van der Waals surface area contributed by atoms with Gasteiger partial charge in [0, 0.05) is 18.7 Å². The number of nitrogens with zero attached hydrogens (tertiary/aromatic N) is 1. The third-order valence-corrected chi connectivity index (χ3v) is 3.33. The summed E-state index contributed by atoms with van der Waals surface area (Å²) in [5.74, 6) is 0.999. The number of benzene rings is 1. The Morgan fingerprint density at radius 3 is 2.90 bits per heavy atom. The van der Waals surface area contributed by atoms with Crippen molar-refractivity contribution in [3.63, 3.8) is 0 Å². The molecule has 0 bridgehead atoms. The molecule has 3 rings (SSSR count). The molecule has 0 aliphatic heterocycles. The minimum absolute atomic E-state index is 0.235. The summed E-state index contributed by atoms with van der Waals surface area (Å²) in [7, 11) is 0. The van der Waals surface area contributed by atoms with Crippen LogP contribution in [-0.2, 0) is 4.79 Å². The molecule has 106 valence electrons. The van der Waals surface area contributed by atoms with Crippen LogP contribution < -0.4 is 5.32 Å². The van der Waals surface area contributed by atoms with E-state index in [1.54, 1.807) is 37.3 Å². The molecule has 2 aromatic heterocycles. The number of furan rings is 1. The lowest BCUT2D eigenvalue weighted by atomic mass is 10.3.